The van der Waals surface area contributed by atoms with Gasteiger partial charge in [0, 0.05) is 17.5 Å². The monoisotopic (exact) mass is 229 g/mol. The van der Waals surface area contributed by atoms with Crippen molar-refractivity contribution < 1.29 is 9.90 Å². The summed E-state index contributed by atoms with van der Waals surface area (Å²) in [6.45, 7) is 2.02. The minimum Gasteiger partial charge on any atom is -0.480 e. The standard InChI is InChI=1S/C14H15NO2/c1-8-4-2-6-10-9-5-3-7-11(9)13(14(16)17)15-12(8)10/h2-6,9,11,13,15H,7H2,1H3,(H,16,17)/t9-,11+,13+/m1/s1. The molecule has 3 heteroatoms. The molecule has 88 valence electrons. The highest BCUT2D eigenvalue weighted by Crippen LogP contribution is 2.45. The van der Waals surface area contributed by atoms with E-state index in [2.05, 4.69) is 23.5 Å². The van der Waals surface area contributed by atoms with Crippen molar-refractivity contribution in [3.63, 3.8) is 0 Å². The van der Waals surface area contributed by atoms with E-state index in [0.29, 0.717) is 0 Å². The molecule has 0 saturated heterocycles. The van der Waals surface area contributed by atoms with Crippen molar-refractivity contribution in [1.82, 2.24) is 0 Å². The number of para-hydroxylation sites is 1. The first-order chi connectivity index (χ1) is 8.18. The maximum absolute atomic E-state index is 11.3. The van der Waals surface area contributed by atoms with Crippen LogP contribution >= 0.6 is 0 Å². The summed E-state index contributed by atoms with van der Waals surface area (Å²) in [7, 11) is 0. The van der Waals surface area contributed by atoms with Crippen molar-refractivity contribution in [2.45, 2.75) is 25.3 Å². The molecule has 2 N–H and O–H groups in total. The van der Waals surface area contributed by atoms with Crippen molar-refractivity contribution >= 4 is 11.7 Å². The number of anilines is 1. The van der Waals surface area contributed by atoms with Crippen molar-refractivity contribution in [1.29, 1.82) is 0 Å². The normalized spacial score (nSPS) is 29.4. The van der Waals surface area contributed by atoms with Crippen LogP contribution in [0.25, 0.3) is 0 Å². The molecule has 0 amide bonds. The highest BCUT2D eigenvalue weighted by Gasteiger charge is 2.40. The summed E-state index contributed by atoms with van der Waals surface area (Å²) < 4.78 is 0. The molecule has 3 rings (SSSR count). The predicted molar refractivity (Wildman–Crippen MR) is 66.2 cm³/mol. The molecular weight excluding hydrogens is 214 g/mol. The largest absolute Gasteiger partial charge is 0.480 e. The topological polar surface area (TPSA) is 49.3 Å². The van der Waals surface area contributed by atoms with Gasteiger partial charge in [-0.05, 0) is 24.5 Å². The van der Waals surface area contributed by atoms with Crippen molar-refractivity contribution in [2.24, 2.45) is 5.92 Å². The van der Waals surface area contributed by atoms with Crippen LogP contribution in [0.15, 0.2) is 30.4 Å². The van der Waals surface area contributed by atoms with E-state index in [-0.39, 0.29) is 11.8 Å². The van der Waals surface area contributed by atoms with E-state index in [1.165, 1.54) is 5.56 Å². The van der Waals surface area contributed by atoms with Crippen LogP contribution in [-0.4, -0.2) is 17.1 Å². The van der Waals surface area contributed by atoms with Gasteiger partial charge in [-0.15, -0.1) is 0 Å². The number of carboxylic acid groups (broad SMARTS) is 1. The molecule has 17 heavy (non-hydrogen) atoms. The molecular formula is C14H15NO2. The number of rotatable bonds is 1. The summed E-state index contributed by atoms with van der Waals surface area (Å²) in [5.74, 6) is -0.341. The van der Waals surface area contributed by atoms with E-state index in [1.807, 2.05) is 19.1 Å². The Morgan fingerprint density at radius 1 is 1.47 bits per heavy atom. The predicted octanol–water partition coefficient (Wildman–Crippen LogP) is 2.53. The van der Waals surface area contributed by atoms with E-state index in [0.717, 1.165) is 17.7 Å². The van der Waals surface area contributed by atoms with Gasteiger partial charge in [-0.3, -0.25) is 0 Å². The molecule has 1 aromatic rings. The lowest BCUT2D eigenvalue weighted by molar-refractivity contribution is -0.139. The summed E-state index contributed by atoms with van der Waals surface area (Å²) in [5, 5.41) is 12.5. The maximum atomic E-state index is 11.3. The molecule has 0 unspecified atom stereocenters. The van der Waals surface area contributed by atoms with E-state index in [4.69, 9.17) is 0 Å². The Morgan fingerprint density at radius 3 is 3.06 bits per heavy atom. The quantitative estimate of drug-likeness (QED) is 0.727. The van der Waals surface area contributed by atoms with Crippen LogP contribution in [-0.2, 0) is 4.79 Å². The van der Waals surface area contributed by atoms with Gasteiger partial charge in [0.15, 0.2) is 0 Å². The summed E-state index contributed by atoms with van der Waals surface area (Å²) >= 11 is 0. The van der Waals surface area contributed by atoms with Gasteiger partial charge in [-0.25, -0.2) is 4.79 Å². The fraction of sp³-hybridized carbons (Fsp3) is 0.357. The van der Waals surface area contributed by atoms with Crippen molar-refractivity contribution in [2.75, 3.05) is 5.32 Å². The molecule has 3 atom stereocenters. The number of aryl methyl sites for hydroxylation is 1. The molecule has 0 bridgehead atoms. The minimum atomic E-state index is -0.752. The number of allylic oxidation sites excluding steroid dienone is 2. The van der Waals surface area contributed by atoms with Crippen LogP contribution in [0.5, 0.6) is 0 Å². The first-order valence-electron chi connectivity index (χ1n) is 5.94. The highest BCUT2D eigenvalue weighted by atomic mass is 16.4. The zero-order valence-electron chi connectivity index (χ0n) is 9.68. The van der Waals surface area contributed by atoms with Crippen LogP contribution in [0.3, 0.4) is 0 Å². The van der Waals surface area contributed by atoms with Crippen LogP contribution < -0.4 is 5.32 Å². The van der Waals surface area contributed by atoms with E-state index in [9.17, 15) is 9.90 Å². The Bertz CT molecular complexity index is 507. The fourth-order valence-electron chi connectivity index (χ4n) is 3.02. The summed E-state index contributed by atoms with van der Waals surface area (Å²) in [6, 6.07) is 5.69. The van der Waals surface area contributed by atoms with E-state index < -0.39 is 12.0 Å². The Kier molecular flexibility index (Phi) is 2.21. The molecule has 3 nitrogen and oxygen atoms in total. The Morgan fingerprint density at radius 2 is 2.29 bits per heavy atom. The first kappa shape index (κ1) is 10.4. The van der Waals surface area contributed by atoms with Crippen LogP contribution in [0.4, 0.5) is 5.69 Å². The second kappa shape index (κ2) is 3.62. The Hall–Kier alpha value is -1.77. The molecule has 0 radical (unpaired) electrons. The van der Waals surface area contributed by atoms with Gasteiger partial charge >= 0.3 is 5.97 Å². The number of hydrogen-bond donors (Lipinski definition) is 2. The summed E-state index contributed by atoms with van der Waals surface area (Å²) in [6.07, 6.45) is 5.10. The zero-order valence-corrected chi connectivity index (χ0v) is 9.68. The molecule has 0 aromatic heterocycles. The Labute approximate surface area is 100 Å². The number of carboxylic acids is 1. The van der Waals surface area contributed by atoms with E-state index in [1.54, 1.807) is 0 Å². The lowest BCUT2D eigenvalue weighted by Crippen LogP contribution is -2.42. The highest BCUT2D eigenvalue weighted by molar-refractivity contribution is 5.81. The molecule has 1 aliphatic heterocycles. The molecule has 0 fully saturated rings. The van der Waals surface area contributed by atoms with Gasteiger partial charge in [0.1, 0.15) is 6.04 Å². The number of fused-ring (bicyclic) bond motifs is 3. The zero-order chi connectivity index (χ0) is 12.0. The van der Waals surface area contributed by atoms with Gasteiger partial charge in [0.25, 0.3) is 0 Å². The average molecular weight is 229 g/mol. The van der Waals surface area contributed by atoms with Gasteiger partial charge in [0.05, 0.1) is 0 Å². The number of nitrogens with one attached hydrogen (secondary N) is 1. The smallest absolute Gasteiger partial charge is 0.326 e. The lowest BCUT2D eigenvalue weighted by Gasteiger charge is -2.35. The van der Waals surface area contributed by atoms with Gasteiger partial charge in [-0.2, -0.15) is 0 Å². The third-order valence-corrected chi connectivity index (χ3v) is 3.87. The summed E-state index contributed by atoms with van der Waals surface area (Å²) in [4.78, 5) is 11.3. The lowest BCUT2D eigenvalue weighted by atomic mass is 9.78. The van der Waals surface area contributed by atoms with E-state index >= 15 is 0 Å². The third-order valence-electron chi connectivity index (χ3n) is 3.87. The van der Waals surface area contributed by atoms with Crippen LogP contribution in [0.2, 0.25) is 0 Å². The summed E-state index contributed by atoms with van der Waals surface area (Å²) in [5.41, 5.74) is 3.36. The molecule has 1 aromatic carbocycles. The maximum Gasteiger partial charge on any atom is 0.326 e. The number of benzene rings is 1. The number of carbonyl (C=O) groups is 1. The van der Waals surface area contributed by atoms with Crippen LogP contribution in [0, 0.1) is 12.8 Å². The van der Waals surface area contributed by atoms with Crippen LogP contribution in [0.1, 0.15) is 23.5 Å². The number of hydrogen-bond acceptors (Lipinski definition) is 2. The molecule has 2 aliphatic rings. The molecule has 1 heterocycles. The average Bonchev–Trinajstić information content (AvgIpc) is 2.77. The van der Waals surface area contributed by atoms with Gasteiger partial charge in [0.2, 0.25) is 0 Å². The Balaban J connectivity index is 2.12. The fourth-order valence-corrected chi connectivity index (χ4v) is 3.02. The van der Waals surface area contributed by atoms with Crippen molar-refractivity contribution in [3.05, 3.63) is 41.5 Å². The minimum absolute atomic E-state index is 0.154. The first-order valence-corrected chi connectivity index (χ1v) is 5.94. The van der Waals surface area contributed by atoms with Gasteiger partial charge < -0.3 is 10.4 Å². The molecule has 0 spiro atoms. The number of aliphatic carboxylic acids is 1. The third kappa shape index (κ3) is 1.46. The second-order valence-electron chi connectivity index (χ2n) is 4.85. The second-order valence-corrected chi connectivity index (χ2v) is 4.85. The van der Waals surface area contributed by atoms with Crippen molar-refractivity contribution in [3.8, 4) is 0 Å². The SMILES string of the molecule is Cc1cccc2c1N[C@H](C(=O)O)[C@H]1CC=C[C@H]21. The van der Waals surface area contributed by atoms with Gasteiger partial charge in [-0.1, -0.05) is 30.4 Å². The molecule has 0 saturated carbocycles. The molecule has 1 aliphatic carbocycles.